The number of hydrogen-bond acceptors (Lipinski definition) is 0. The van der Waals surface area contributed by atoms with Crippen molar-refractivity contribution < 1.29 is 0 Å². The zero-order chi connectivity index (χ0) is 10.1. The summed E-state index contributed by atoms with van der Waals surface area (Å²) in [5, 5.41) is 0.649. The summed E-state index contributed by atoms with van der Waals surface area (Å²) < 4.78 is 0. The Morgan fingerprint density at radius 3 is 2.38 bits per heavy atom. The molecule has 1 aromatic rings. The van der Waals surface area contributed by atoms with Gasteiger partial charge in [-0.25, -0.2) is 0 Å². The topological polar surface area (TPSA) is 0 Å². The van der Waals surface area contributed by atoms with E-state index in [0.717, 1.165) is 5.56 Å². The van der Waals surface area contributed by atoms with Crippen LogP contribution in [0.3, 0.4) is 0 Å². The van der Waals surface area contributed by atoms with E-state index in [0.29, 0.717) is 5.02 Å². The van der Waals surface area contributed by atoms with Crippen LogP contribution in [0.1, 0.15) is 31.9 Å². The average molecular weight is 193 g/mol. The highest BCUT2D eigenvalue weighted by atomic mass is 35.5. The predicted molar refractivity (Wildman–Crippen MR) is 58.1 cm³/mol. The van der Waals surface area contributed by atoms with Crippen LogP contribution >= 0.6 is 11.6 Å². The molecule has 0 aliphatic carbocycles. The lowest BCUT2D eigenvalue weighted by molar-refractivity contribution is 0.590. The molecule has 0 spiro atoms. The van der Waals surface area contributed by atoms with Gasteiger partial charge in [-0.2, -0.15) is 0 Å². The minimum atomic E-state index is 0.121. The molecular formula is C12H13Cl. The molecule has 0 unspecified atom stereocenters. The maximum atomic E-state index is 5.90. The first-order chi connectivity index (χ1) is 5.95. The van der Waals surface area contributed by atoms with Gasteiger partial charge in [-0.15, -0.1) is 6.42 Å². The molecular weight excluding hydrogens is 180 g/mol. The Hall–Kier alpha value is -0.930. The van der Waals surface area contributed by atoms with E-state index in [4.69, 9.17) is 18.0 Å². The Morgan fingerprint density at radius 2 is 1.92 bits per heavy atom. The van der Waals surface area contributed by atoms with Crippen LogP contribution in [-0.2, 0) is 5.41 Å². The van der Waals surface area contributed by atoms with E-state index >= 15 is 0 Å². The lowest BCUT2D eigenvalue weighted by atomic mass is 9.86. The summed E-state index contributed by atoms with van der Waals surface area (Å²) in [6, 6.07) is 5.85. The minimum absolute atomic E-state index is 0.121. The Bertz CT molecular complexity index is 350. The van der Waals surface area contributed by atoms with E-state index in [9.17, 15) is 0 Å². The first-order valence-corrected chi connectivity index (χ1v) is 4.59. The molecule has 0 aliphatic rings. The Kier molecular flexibility index (Phi) is 2.68. The normalized spacial score (nSPS) is 11.0. The lowest BCUT2D eigenvalue weighted by Crippen LogP contribution is -2.10. The summed E-state index contributed by atoms with van der Waals surface area (Å²) in [6.45, 7) is 6.45. The second-order valence-corrected chi connectivity index (χ2v) is 4.50. The number of benzene rings is 1. The van der Waals surface area contributed by atoms with Gasteiger partial charge in [0.05, 0.1) is 5.02 Å². The monoisotopic (exact) mass is 192 g/mol. The summed E-state index contributed by atoms with van der Waals surface area (Å²) >= 11 is 5.90. The Balaban J connectivity index is 3.24. The number of halogens is 1. The van der Waals surface area contributed by atoms with E-state index in [-0.39, 0.29) is 5.41 Å². The van der Waals surface area contributed by atoms with Crippen LogP contribution in [-0.4, -0.2) is 0 Å². The molecule has 0 nitrogen and oxygen atoms in total. The molecule has 0 atom stereocenters. The molecule has 0 radical (unpaired) electrons. The zero-order valence-electron chi connectivity index (χ0n) is 8.19. The van der Waals surface area contributed by atoms with Crippen LogP contribution < -0.4 is 0 Å². The lowest BCUT2D eigenvalue weighted by Gasteiger charge is -2.19. The summed E-state index contributed by atoms with van der Waals surface area (Å²) in [7, 11) is 0. The molecule has 0 N–H and O–H groups in total. The van der Waals surface area contributed by atoms with Crippen molar-refractivity contribution >= 4 is 11.6 Å². The van der Waals surface area contributed by atoms with Gasteiger partial charge < -0.3 is 0 Å². The molecule has 0 fully saturated rings. The van der Waals surface area contributed by atoms with Gasteiger partial charge in [-0.1, -0.05) is 44.4 Å². The maximum absolute atomic E-state index is 5.90. The fraction of sp³-hybridized carbons (Fsp3) is 0.333. The van der Waals surface area contributed by atoms with Crippen LogP contribution in [0.15, 0.2) is 18.2 Å². The van der Waals surface area contributed by atoms with Gasteiger partial charge in [0.1, 0.15) is 0 Å². The van der Waals surface area contributed by atoms with Crippen molar-refractivity contribution in [2.24, 2.45) is 0 Å². The molecule has 1 rings (SSSR count). The summed E-state index contributed by atoms with van der Waals surface area (Å²) in [5.41, 5.74) is 2.11. The average Bonchev–Trinajstić information content (AvgIpc) is 2.03. The smallest absolute Gasteiger partial charge is 0.0562 e. The van der Waals surface area contributed by atoms with E-state index in [1.54, 1.807) is 0 Å². The fourth-order valence-electron chi connectivity index (χ4n) is 1.10. The van der Waals surface area contributed by atoms with Crippen molar-refractivity contribution in [3.8, 4) is 12.3 Å². The van der Waals surface area contributed by atoms with Crippen molar-refractivity contribution in [1.29, 1.82) is 0 Å². The number of rotatable bonds is 0. The SMILES string of the molecule is C#Cc1cc(C(C)(C)C)ccc1Cl. The van der Waals surface area contributed by atoms with Gasteiger partial charge in [-0.05, 0) is 23.1 Å². The van der Waals surface area contributed by atoms with Gasteiger partial charge in [0.2, 0.25) is 0 Å². The van der Waals surface area contributed by atoms with Gasteiger partial charge >= 0.3 is 0 Å². The number of hydrogen-bond donors (Lipinski definition) is 0. The largest absolute Gasteiger partial charge is 0.115 e. The second-order valence-electron chi connectivity index (χ2n) is 4.09. The summed E-state index contributed by atoms with van der Waals surface area (Å²) in [4.78, 5) is 0. The first-order valence-electron chi connectivity index (χ1n) is 4.22. The zero-order valence-corrected chi connectivity index (χ0v) is 8.94. The van der Waals surface area contributed by atoms with Gasteiger partial charge in [-0.3, -0.25) is 0 Å². The van der Waals surface area contributed by atoms with E-state index in [1.165, 1.54) is 5.56 Å². The van der Waals surface area contributed by atoms with Crippen molar-refractivity contribution in [2.75, 3.05) is 0 Å². The minimum Gasteiger partial charge on any atom is -0.115 e. The van der Waals surface area contributed by atoms with Crippen LogP contribution in [0, 0.1) is 12.3 Å². The van der Waals surface area contributed by atoms with Gasteiger partial charge in [0, 0.05) is 5.56 Å². The standard InChI is InChI=1S/C12H13Cl/c1-5-9-8-10(12(2,3)4)6-7-11(9)13/h1,6-8H,2-4H3. The van der Waals surface area contributed by atoms with Crippen LogP contribution in [0.2, 0.25) is 5.02 Å². The van der Waals surface area contributed by atoms with E-state index in [2.05, 4.69) is 26.7 Å². The third kappa shape index (κ3) is 2.26. The maximum Gasteiger partial charge on any atom is 0.0562 e. The van der Waals surface area contributed by atoms with Crippen molar-refractivity contribution in [1.82, 2.24) is 0 Å². The molecule has 1 aromatic carbocycles. The molecule has 0 amide bonds. The quantitative estimate of drug-likeness (QED) is 0.551. The molecule has 0 heterocycles. The molecule has 0 saturated carbocycles. The van der Waals surface area contributed by atoms with Crippen LogP contribution in [0.5, 0.6) is 0 Å². The van der Waals surface area contributed by atoms with Crippen LogP contribution in [0.4, 0.5) is 0 Å². The van der Waals surface area contributed by atoms with E-state index < -0.39 is 0 Å². The van der Waals surface area contributed by atoms with Crippen LogP contribution in [0.25, 0.3) is 0 Å². The van der Waals surface area contributed by atoms with Gasteiger partial charge in [0.25, 0.3) is 0 Å². The summed E-state index contributed by atoms with van der Waals surface area (Å²) in [6.07, 6.45) is 5.33. The molecule has 0 aliphatic heterocycles. The highest BCUT2D eigenvalue weighted by Gasteiger charge is 2.14. The fourth-order valence-corrected chi connectivity index (χ4v) is 1.27. The Morgan fingerprint density at radius 1 is 1.31 bits per heavy atom. The highest BCUT2D eigenvalue weighted by molar-refractivity contribution is 6.31. The van der Waals surface area contributed by atoms with Crippen molar-refractivity contribution in [3.63, 3.8) is 0 Å². The first kappa shape index (κ1) is 10.2. The predicted octanol–water partition coefficient (Wildman–Crippen LogP) is 3.62. The molecule has 0 bridgehead atoms. The van der Waals surface area contributed by atoms with Crippen molar-refractivity contribution in [2.45, 2.75) is 26.2 Å². The second kappa shape index (κ2) is 3.44. The molecule has 1 heteroatoms. The molecule has 68 valence electrons. The highest BCUT2D eigenvalue weighted by Crippen LogP contribution is 2.26. The third-order valence-electron chi connectivity index (χ3n) is 1.99. The summed E-state index contributed by atoms with van der Waals surface area (Å²) in [5.74, 6) is 2.58. The van der Waals surface area contributed by atoms with Crippen molar-refractivity contribution in [3.05, 3.63) is 34.3 Å². The molecule has 0 aromatic heterocycles. The third-order valence-corrected chi connectivity index (χ3v) is 2.32. The number of terminal acetylenes is 1. The Labute approximate surface area is 84.9 Å². The van der Waals surface area contributed by atoms with E-state index in [1.807, 2.05) is 18.2 Å². The van der Waals surface area contributed by atoms with Gasteiger partial charge in [0.15, 0.2) is 0 Å². The molecule has 13 heavy (non-hydrogen) atoms. The molecule has 0 saturated heterocycles.